The van der Waals surface area contributed by atoms with E-state index in [1.54, 1.807) is 19.1 Å². The molecule has 3 amide bonds. The van der Waals surface area contributed by atoms with Gasteiger partial charge in [0.1, 0.15) is 5.92 Å². The minimum Gasteiger partial charge on any atom is -0.319 e. The molecule has 3 rings (SSSR count). The fraction of sp³-hybridized carbons (Fsp3) is 0.190. The van der Waals surface area contributed by atoms with Gasteiger partial charge < -0.3 is 5.32 Å². The summed E-state index contributed by atoms with van der Waals surface area (Å²) < 4.78 is 0. The van der Waals surface area contributed by atoms with Gasteiger partial charge in [-0.15, -0.1) is 0 Å². The lowest BCUT2D eigenvalue weighted by Crippen LogP contribution is -2.40. The van der Waals surface area contributed by atoms with Crippen LogP contribution in [0, 0.1) is 40.0 Å². The molecule has 1 aliphatic heterocycles. The molecule has 1 aliphatic rings. The molecular weight excluding hydrogens is 450 g/mol. The van der Waals surface area contributed by atoms with Gasteiger partial charge in [0, 0.05) is 17.8 Å². The maximum Gasteiger partial charge on any atom is 0.293 e. The van der Waals surface area contributed by atoms with Crippen molar-refractivity contribution in [3.05, 3.63) is 73.3 Å². The first kappa shape index (κ1) is 23.8. The summed E-state index contributed by atoms with van der Waals surface area (Å²) in [6.07, 6.45) is 0. The Kier molecular flexibility index (Phi) is 6.29. The van der Waals surface area contributed by atoms with E-state index in [4.69, 9.17) is 0 Å². The zero-order valence-corrected chi connectivity index (χ0v) is 18.1. The molecule has 1 atom stereocenters. The minimum absolute atomic E-state index is 0.153. The van der Waals surface area contributed by atoms with Gasteiger partial charge in [-0.25, -0.2) is 0 Å². The molecule has 1 unspecified atom stereocenters. The Hall–Kier alpha value is -4.81. The van der Waals surface area contributed by atoms with E-state index in [9.17, 15) is 39.4 Å². The molecule has 0 aromatic heterocycles. The fourth-order valence-electron chi connectivity index (χ4n) is 3.27. The van der Waals surface area contributed by atoms with Gasteiger partial charge in [0.15, 0.2) is 0 Å². The van der Waals surface area contributed by atoms with Gasteiger partial charge in [0.05, 0.1) is 27.2 Å². The lowest BCUT2D eigenvalue weighted by atomic mass is 9.98. The fourth-order valence-corrected chi connectivity index (χ4v) is 3.27. The van der Waals surface area contributed by atoms with Gasteiger partial charge in [0.2, 0.25) is 5.78 Å². The van der Waals surface area contributed by atoms with Crippen molar-refractivity contribution in [2.45, 2.75) is 20.8 Å². The van der Waals surface area contributed by atoms with E-state index in [1.165, 1.54) is 6.92 Å². The number of rotatable bonds is 6. The number of nitrogens with zero attached hydrogens (tertiary/aromatic N) is 4. The van der Waals surface area contributed by atoms with Crippen molar-refractivity contribution in [2.75, 3.05) is 5.32 Å². The highest BCUT2D eigenvalue weighted by Gasteiger charge is 2.44. The number of nitro benzene ring substituents is 2. The summed E-state index contributed by atoms with van der Waals surface area (Å²) in [5, 5.41) is 28.6. The molecule has 13 heteroatoms. The summed E-state index contributed by atoms with van der Waals surface area (Å²) in [7, 11) is 0. The second kappa shape index (κ2) is 8.97. The highest BCUT2D eigenvalue weighted by Crippen LogP contribution is 2.26. The van der Waals surface area contributed by atoms with Crippen LogP contribution in [-0.4, -0.2) is 44.1 Å². The van der Waals surface area contributed by atoms with Crippen LogP contribution in [0.15, 0.2) is 41.5 Å². The zero-order valence-electron chi connectivity index (χ0n) is 18.1. The van der Waals surface area contributed by atoms with E-state index in [0.717, 1.165) is 23.3 Å². The Morgan fingerprint density at radius 2 is 1.59 bits per heavy atom. The van der Waals surface area contributed by atoms with E-state index in [0.29, 0.717) is 11.8 Å². The average Bonchev–Trinajstić information content (AvgIpc) is 3.09. The van der Waals surface area contributed by atoms with Crippen molar-refractivity contribution in [2.24, 2.45) is 11.0 Å². The van der Waals surface area contributed by atoms with Crippen LogP contribution in [0.25, 0.3) is 0 Å². The smallest absolute Gasteiger partial charge is 0.293 e. The molecule has 2 aromatic rings. The molecule has 0 fully saturated rings. The number of carbonyl (C=O) groups is 4. The molecule has 2 aromatic carbocycles. The van der Waals surface area contributed by atoms with Crippen LogP contribution in [0.4, 0.5) is 17.1 Å². The molecule has 1 heterocycles. The number of aryl methyl sites for hydroxylation is 1. The lowest BCUT2D eigenvalue weighted by Gasteiger charge is -2.13. The van der Waals surface area contributed by atoms with Gasteiger partial charge in [-0.05, 0) is 38.0 Å². The summed E-state index contributed by atoms with van der Waals surface area (Å²) >= 11 is 0. The van der Waals surface area contributed by atoms with Crippen LogP contribution in [0.1, 0.15) is 28.4 Å². The van der Waals surface area contributed by atoms with Crippen molar-refractivity contribution in [3.63, 3.8) is 0 Å². The van der Waals surface area contributed by atoms with E-state index in [-0.39, 0.29) is 10.7 Å². The first-order valence-corrected chi connectivity index (χ1v) is 9.71. The molecule has 0 aliphatic carbocycles. The number of hydrazone groups is 1. The van der Waals surface area contributed by atoms with Gasteiger partial charge in [-0.2, -0.15) is 10.1 Å². The quantitative estimate of drug-likeness (QED) is 0.221. The van der Waals surface area contributed by atoms with Crippen molar-refractivity contribution in [1.82, 2.24) is 5.01 Å². The Morgan fingerprint density at radius 1 is 1.00 bits per heavy atom. The number of ketones is 1. The third-order valence-corrected chi connectivity index (χ3v) is 5.23. The number of anilines is 1. The molecule has 0 saturated carbocycles. The van der Waals surface area contributed by atoms with Crippen molar-refractivity contribution >= 4 is 46.3 Å². The number of Topliss-reactive ketones (excluding diaryl/α,β-unsaturated/α-hetero) is 1. The Labute approximate surface area is 191 Å². The maximum absolute atomic E-state index is 12.8. The van der Waals surface area contributed by atoms with E-state index < -0.39 is 56.2 Å². The number of benzene rings is 2. The first-order valence-electron chi connectivity index (χ1n) is 9.71. The summed E-state index contributed by atoms with van der Waals surface area (Å²) in [4.78, 5) is 71.1. The third-order valence-electron chi connectivity index (χ3n) is 5.23. The first-order chi connectivity index (χ1) is 15.9. The summed E-state index contributed by atoms with van der Waals surface area (Å²) in [6, 6.07) is 7.21. The summed E-state index contributed by atoms with van der Waals surface area (Å²) in [6.45, 7) is 4.81. The standard InChI is InChI=1S/C21H17N5O8/c1-10-5-4-6-16(11(10)2)22-19(28)18(27)17-12(3)23-24(21(17)30)20(29)13-7-14(25(31)32)9-15(8-13)26(33)34/h4-9,17H,1-3H3,(H,22,28). The summed E-state index contributed by atoms with van der Waals surface area (Å²) in [5.74, 6) is -6.32. The third kappa shape index (κ3) is 4.39. The van der Waals surface area contributed by atoms with Gasteiger partial charge in [-0.3, -0.25) is 39.4 Å². The highest BCUT2D eigenvalue weighted by molar-refractivity contribution is 6.49. The molecule has 34 heavy (non-hydrogen) atoms. The van der Waals surface area contributed by atoms with Crippen LogP contribution < -0.4 is 5.32 Å². The molecule has 0 saturated heterocycles. The Bertz CT molecular complexity index is 1280. The number of carbonyl (C=O) groups excluding carboxylic acids is 4. The second-order valence-corrected chi connectivity index (χ2v) is 7.45. The van der Waals surface area contributed by atoms with Crippen LogP contribution in [0.3, 0.4) is 0 Å². The molecular formula is C21H17N5O8. The van der Waals surface area contributed by atoms with Crippen LogP contribution in [0.5, 0.6) is 0 Å². The monoisotopic (exact) mass is 467 g/mol. The minimum atomic E-state index is -1.69. The molecule has 1 N–H and O–H groups in total. The predicted molar refractivity (Wildman–Crippen MR) is 117 cm³/mol. The molecule has 0 spiro atoms. The normalized spacial score (nSPS) is 15.0. The molecule has 0 radical (unpaired) electrons. The van der Waals surface area contributed by atoms with Crippen molar-refractivity contribution < 1.29 is 29.0 Å². The van der Waals surface area contributed by atoms with Crippen LogP contribution >= 0.6 is 0 Å². The van der Waals surface area contributed by atoms with Crippen LogP contribution in [0.2, 0.25) is 0 Å². The number of nitrogens with one attached hydrogen (secondary N) is 1. The van der Waals surface area contributed by atoms with Gasteiger partial charge in [-0.1, -0.05) is 12.1 Å². The average molecular weight is 467 g/mol. The van der Waals surface area contributed by atoms with E-state index in [1.807, 2.05) is 13.0 Å². The number of hydrogen-bond acceptors (Lipinski definition) is 9. The Balaban J connectivity index is 1.86. The predicted octanol–water partition coefficient (Wildman–Crippen LogP) is 2.30. The van der Waals surface area contributed by atoms with E-state index in [2.05, 4.69) is 10.4 Å². The number of nitro groups is 2. The summed E-state index contributed by atoms with van der Waals surface area (Å²) in [5.41, 5.74) is -0.247. The largest absolute Gasteiger partial charge is 0.319 e. The number of non-ortho nitro benzene ring substituents is 2. The number of amides is 3. The highest BCUT2D eigenvalue weighted by atomic mass is 16.6. The topological polar surface area (TPSA) is 182 Å². The van der Waals surface area contributed by atoms with Crippen molar-refractivity contribution in [3.8, 4) is 0 Å². The number of hydrogen-bond donors (Lipinski definition) is 1. The Morgan fingerprint density at radius 3 is 2.15 bits per heavy atom. The van der Waals surface area contributed by atoms with Crippen LogP contribution in [-0.2, 0) is 14.4 Å². The molecule has 0 bridgehead atoms. The zero-order chi connectivity index (χ0) is 25.3. The van der Waals surface area contributed by atoms with E-state index >= 15 is 0 Å². The SMILES string of the molecule is CC1=NN(C(=O)c2cc([N+](=O)[O-])cc([N+](=O)[O-])c2)C(=O)C1C(=O)C(=O)Nc1cccc(C)c1C. The van der Waals surface area contributed by atoms with Crippen molar-refractivity contribution in [1.29, 1.82) is 0 Å². The van der Waals surface area contributed by atoms with Gasteiger partial charge >= 0.3 is 0 Å². The lowest BCUT2D eigenvalue weighted by molar-refractivity contribution is -0.394. The molecule has 13 nitrogen and oxygen atoms in total. The molecule has 174 valence electrons. The maximum atomic E-state index is 12.8. The van der Waals surface area contributed by atoms with Gasteiger partial charge in [0.25, 0.3) is 29.1 Å². The second-order valence-electron chi connectivity index (χ2n) is 7.45. The number of imide groups is 1.